The quantitative estimate of drug-likeness (QED) is 0.177. The molecule has 0 bridgehead atoms. The van der Waals surface area contributed by atoms with Gasteiger partial charge in [-0.1, -0.05) is 55.1 Å². The molecule has 0 amide bonds. The van der Waals surface area contributed by atoms with Crippen molar-refractivity contribution in [2.75, 3.05) is 26.4 Å². The average molecular weight is 763 g/mol. The van der Waals surface area contributed by atoms with Crippen molar-refractivity contribution >= 4 is 55.1 Å². The lowest BCUT2D eigenvalue weighted by molar-refractivity contribution is -0.0449. The maximum Gasteiger partial charge on any atom is 0.238 e. The molecule has 14 heteroatoms. The molecular weight excluding hydrogens is 743 g/mol. The first-order valence-corrected chi connectivity index (χ1v) is 15.2. The number of halogens is 4. The molecule has 0 saturated carbocycles. The van der Waals surface area contributed by atoms with E-state index < -0.39 is 12.6 Å². The summed E-state index contributed by atoms with van der Waals surface area (Å²) >= 11 is 18.7. The number of pyridine rings is 2. The predicted molar refractivity (Wildman–Crippen MR) is 166 cm³/mol. The zero-order chi connectivity index (χ0) is 31.1. The van der Waals surface area contributed by atoms with Gasteiger partial charge in [0.2, 0.25) is 11.8 Å². The Balaban J connectivity index is 0.000000175. The number of aromatic nitrogens is 2. The molecule has 2 aromatic carbocycles. The molecule has 0 spiro atoms. The number of hydrogen-bond donors (Lipinski definition) is 0. The molecule has 2 aromatic heterocycles. The summed E-state index contributed by atoms with van der Waals surface area (Å²) in [4.78, 5) is 8.07. The third kappa shape index (κ3) is 8.04. The Kier molecular flexibility index (Phi) is 11.0. The van der Waals surface area contributed by atoms with Crippen LogP contribution in [0.3, 0.4) is 0 Å². The van der Waals surface area contributed by atoms with Crippen molar-refractivity contribution in [1.82, 2.24) is 9.97 Å². The summed E-state index contributed by atoms with van der Waals surface area (Å²) in [5.41, 5.74) is 2.27. The molecule has 0 N–H and O–H groups in total. The van der Waals surface area contributed by atoms with E-state index in [1.165, 1.54) is 0 Å². The average Bonchev–Trinajstić information content (AvgIpc) is 3.75. The van der Waals surface area contributed by atoms with Gasteiger partial charge in [-0.05, 0) is 54.6 Å². The summed E-state index contributed by atoms with van der Waals surface area (Å²) in [7, 11) is 0. The van der Waals surface area contributed by atoms with Crippen LogP contribution in [0.4, 0.5) is 0 Å². The molecule has 4 aromatic rings. The van der Waals surface area contributed by atoms with Crippen molar-refractivity contribution in [3.05, 3.63) is 102 Å². The fourth-order valence-corrected chi connectivity index (χ4v) is 5.17. The predicted octanol–water partition coefficient (Wildman–Crippen LogP) is 8.41. The first kappa shape index (κ1) is 32.1. The minimum absolute atomic E-state index is 0.111. The first-order chi connectivity index (χ1) is 21.3. The third-order valence-corrected chi connectivity index (χ3v) is 7.96. The maximum atomic E-state index is 9.10. The van der Waals surface area contributed by atoms with Crippen LogP contribution in [-0.2, 0) is 18.9 Å². The fraction of sp³-hybridized carbons (Fsp3) is 0.200. The Morgan fingerprint density at radius 2 is 1.20 bits per heavy atom. The second kappa shape index (κ2) is 15.1. The van der Waals surface area contributed by atoms with Gasteiger partial charge in [0.05, 0.1) is 32.0 Å². The molecule has 44 heavy (non-hydrogen) atoms. The number of nitriles is 2. The molecule has 2 aliphatic heterocycles. The fourth-order valence-electron chi connectivity index (χ4n) is 3.98. The van der Waals surface area contributed by atoms with Gasteiger partial charge >= 0.3 is 0 Å². The van der Waals surface area contributed by atoms with Gasteiger partial charge in [-0.2, -0.15) is 15.5 Å². The van der Waals surface area contributed by atoms with Crippen LogP contribution < -0.4 is 9.47 Å². The van der Waals surface area contributed by atoms with Gasteiger partial charge in [0.15, 0.2) is 17.7 Å². The van der Waals surface area contributed by atoms with E-state index in [1.807, 2.05) is 30.3 Å². The van der Waals surface area contributed by atoms with Crippen LogP contribution >= 0.6 is 55.1 Å². The summed E-state index contributed by atoms with van der Waals surface area (Å²) in [5.74, 6) is 1.57. The standard InChI is InChI=1S/2C15H10BrClN2O3/c16-12-3-2-10(7-11(12)15-20-5-6-21-15)22-13-4-1-9(8-18)14(17)19-13;16-12-3-2-10(7-11(12)15-20-5-6-21-15)22-14-9(8-18)1-4-13(17)19-14/h2*1-4,7,15H,5-6H2. The van der Waals surface area contributed by atoms with Gasteiger partial charge in [-0.3, -0.25) is 0 Å². The van der Waals surface area contributed by atoms with E-state index in [9.17, 15) is 0 Å². The van der Waals surface area contributed by atoms with E-state index in [1.54, 1.807) is 42.5 Å². The molecule has 0 unspecified atom stereocenters. The zero-order valence-corrected chi connectivity index (χ0v) is 27.2. The molecule has 0 aliphatic carbocycles. The summed E-state index contributed by atoms with van der Waals surface area (Å²) in [6.07, 6.45) is -0.837. The third-order valence-electron chi connectivity index (χ3n) is 6.01. The van der Waals surface area contributed by atoms with E-state index >= 15 is 0 Å². The Labute approximate surface area is 279 Å². The van der Waals surface area contributed by atoms with Gasteiger partial charge in [-0.15, -0.1) is 0 Å². The molecular formula is C30H20Br2Cl2N4O6. The molecule has 2 saturated heterocycles. The minimum atomic E-state index is -0.430. The molecule has 0 atom stereocenters. The highest BCUT2D eigenvalue weighted by molar-refractivity contribution is 9.10. The highest BCUT2D eigenvalue weighted by atomic mass is 79.9. The topological polar surface area (TPSA) is 129 Å². The number of hydrogen-bond acceptors (Lipinski definition) is 10. The highest BCUT2D eigenvalue weighted by Crippen LogP contribution is 2.36. The van der Waals surface area contributed by atoms with E-state index in [0.717, 1.165) is 20.1 Å². The molecule has 10 nitrogen and oxygen atoms in total. The summed E-state index contributed by atoms with van der Waals surface area (Å²) in [5, 5.41) is 18.3. The van der Waals surface area contributed by atoms with E-state index in [2.05, 4.69) is 41.8 Å². The normalized spacial score (nSPS) is 14.8. The highest BCUT2D eigenvalue weighted by Gasteiger charge is 2.23. The van der Waals surface area contributed by atoms with Gasteiger partial charge in [0.25, 0.3) is 0 Å². The number of ether oxygens (including phenoxy) is 6. The molecule has 4 heterocycles. The van der Waals surface area contributed by atoms with E-state index in [4.69, 9.17) is 62.1 Å². The van der Waals surface area contributed by atoms with Crippen LogP contribution in [0.1, 0.15) is 34.8 Å². The second-order valence-electron chi connectivity index (χ2n) is 8.92. The van der Waals surface area contributed by atoms with Gasteiger partial charge in [0, 0.05) is 26.1 Å². The lowest BCUT2D eigenvalue weighted by Gasteiger charge is -2.13. The van der Waals surface area contributed by atoms with Crippen LogP contribution in [0, 0.1) is 22.7 Å². The van der Waals surface area contributed by atoms with Gasteiger partial charge < -0.3 is 28.4 Å². The van der Waals surface area contributed by atoms with Crippen molar-refractivity contribution in [3.63, 3.8) is 0 Å². The Bertz CT molecular complexity index is 1740. The summed E-state index contributed by atoms with van der Waals surface area (Å²) in [6.45, 7) is 2.23. The number of benzene rings is 2. The summed E-state index contributed by atoms with van der Waals surface area (Å²) < 4.78 is 35.1. The molecule has 0 radical (unpaired) electrons. The Hall–Kier alpha value is -3.30. The molecule has 6 rings (SSSR count). The summed E-state index contributed by atoms with van der Waals surface area (Å²) in [6, 6.07) is 21.0. The van der Waals surface area contributed by atoms with Crippen molar-refractivity contribution in [1.29, 1.82) is 10.5 Å². The van der Waals surface area contributed by atoms with Crippen molar-refractivity contribution in [2.24, 2.45) is 0 Å². The Morgan fingerprint density at radius 1 is 0.682 bits per heavy atom. The van der Waals surface area contributed by atoms with Gasteiger partial charge in [0.1, 0.15) is 34.4 Å². The second-order valence-corrected chi connectivity index (χ2v) is 11.4. The van der Waals surface area contributed by atoms with E-state index in [-0.39, 0.29) is 16.2 Å². The van der Waals surface area contributed by atoms with Crippen LogP contribution in [0.15, 0.2) is 69.6 Å². The minimum Gasteiger partial charge on any atom is -0.439 e. The maximum absolute atomic E-state index is 9.10. The van der Waals surface area contributed by atoms with Crippen molar-refractivity contribution in [3.8, 4) is 35.4 Å². The molecule has 224 valence electrons. The molecule has 2 fully saturated rings. The number of nitrogens with zero attached hydrogens (tertiary/aromatic N) is 4. The lowest BCUT2D eigenvalue weighted by atomic mass is 10.2. The smallest absolute Gasteiger partial charge is 0.238 e. The van der Waals surface area contributed by atoms with Crippen molar-refractivity contribution < 1.29 is 28.4 Å². The first-order valence-electron chi connectivity index (χ1n) is 12.9. The Morgan fingerprint density at radius 3 is 1.73 bits per heavy atom. The van der Waals surface area contributed by atoms with Crippen LogP contribution in [-0.4, -0.2) is 36.4 Å². The lowest BCUT2D eigenvalue weighted by Crippen LogP contribution is -2.00. The van der Waals surface area contributed by atoms with Crippen LogP contribution in [0.2, 0.25) is 10.3 Å². The van der Waals surface area contributed by atoms with Crippen LogP contribution in [0.5, 0.6) is 23.3 Å². The largest absolute Gasteiger partial charge is 0.439 e. The monoisotopic (exact) mass is 760 g/mol. The molecule has 2 aliphatic rings. The number of rotatable bonds is 6. The zero-order valence-electron chi connectivity index (χ0n) is 22.5. The van der Waals surface area contributed by atoms with Gasteiger partial charge in [-0.25, -0.2) is 4.98 Å². The van der Waals surface area contributed by atoms with Crippen LogP contribution in [0.25, 0.3) is 0 Å². The van der Waals surface area contributed by atoms with Crippen molar-refractivity contribution in [2.45, 2.75) is 12.6 Å². The van der Waals surface area contributed by atoms with E-state index in [0.29, 0.717) is 54.9 Å². The SMILES string of the molecule is N#Cc1ccc(Cl)nc1Oc1ccc(Br)c(C2OCCO2)c1.N#Cc1ccc(Oc2ccc(Br)c(C3OCCO3)c2)nc1Cl.